The molecular formula is C13H14N2. The maximum atomic E-state index is 9.01. The summed E-state index contributed by atoms with van der Waals surface area (Å²) < 4.78 is 2.10. The van der Waals surface area contributed by atoms with E-state index >= 15 is 0 Å². The lowest BCUT2D eigenvalue weighted by molar-refractivity contribution is 0.903. The van der Waals surface area contributed by atoms with Crippen LogP contribution in [0, 0.1) is 11.3 Å². The standard InChI is InChI=1S/C13H14N2/c1-3-4-10-5-6-11(9-14)12-7-8-15(2)13(10)12/h5-8H,3-4H2,1-2H3. The molecule has 0 amide bonds. The highest BCUT2D eigenvalue weighted by Crippen LogP contribution is 2.24. The van der Waals surface area contributed by atoms with E-state index in [0.29, 0.717) is 0 Å². The molecule has 0 saturated carbocycles. The van der Waals surface area contributed by atoms with Gasteiger partial charge >= 0.3 is 0 Å². The number of aryl methyl sites for hydroxylation is 2. The van der Waals surface area contributed by atoms with Crippen molar-refractivity contribution in [3.8, 4) is 6.07 Å². The number of hydrogen-bond acceptors (Lipinski definition) is 1. The molecule has 0 aliphatic heterocycles. The highest BCUT2D eigenvalue weighted by molar-refractivity contribution is 5.88. The number of fused-ring (bicyclic) bond motifs is 1. The lowest BCUT2D eigenvalue weighted by Gasteiger charge is -2.05. The molecule has 15 heavy (non-hydrogen) atoms. The summed E-state index contributed by atoms with van der Waals surface area (Å²) in [7, 11) is 2.03. The Morgan fingerprint density at radius 1 is 1.33 bits per heavy atom. The van der Waals surface area contributed by atoms with Gasteiger partial charge in [-0.05, 0) is 24.1 Å². The summed E-state index contributed by atoms with van der Waals surface area (Å²) in [6, 6.07) is 8.26. The van der Waals surface area contributed by atoms with Crippen molar-refractivity contribution in [1.82, 2.24) is 4.57 Å². The van der Waals surface area contributed by atoms with Gasteiger partial charge in [-0.2, -0.15) is 5.26 Å². The Kier molecular flexibility index (Phi) is 2.47. The lowest BCUT2D eigenvalue weighted by Crippen LogP contribution is -1.93. The van der Waals surface area contributed by atoms with Crippen LogP contribution in [0.2, 0.25) is 0 Å². The average molecular weight is 198 g/mol. The van der Waals surface area contributed by atoms with E-state index in [4.69, 9.17) is 5.26 Å². The second-order valence-corrected chi connectivity index (χ2v) is 3.82. The fraction of sp³-hybridized carbons (Fsp3) is 0.308. The van der Waals surface area contributed by atoms with Gasteiger partial charge in [-0.3, -0.25) is 0 Å². The number of hydrogen-bond donors (Lipinski definition) is 0. The molecule has 0 bridgehead atoms. The molecule has 1 aromatic carbocycles. The van der Waals surface area contributed by atoms with Crippen LogP contribution in [0.15, 0.2) is 24.4 Å². The van der Waals surface area contributed by atoms with Crippen LogP contribution in [0.25, 0.3) is 10.9 Å². The third-order valence-corrected chi connectivity index (χ3v) is 2.76. The fourth-order valence-electron chi connectivity index (χ4n) is 2.07. The van der Waals surface area contributed by atoms with Crippen LogP contribution >= 0.6 is 0 Å². The molecule has 2 rings (SSSR count). The molecule has 0 atom stereocenters. The second kappa shape index (κ2) is 3.78. The van der Waals surface area contributed by atoms with Crippen LogP contribution in [-0.4, -0.2) is 4.57 Å². The van der Waals surface area contributed by atoms with Gasteiger partial charge < -0.3 is 4.57 Å². The van der Waals surface area contributed by atoms with E-state index in [2.05, 4.69) is 23.6 Å². The van der Waals surface area contributed by atoms with E-state index in [1.54, 1.807) is 0 Å². The van der Waals surface area contributed by atoms with Crippen LogP contribution in [0.1, 0.15) is 24.5 Å². The van der Waals surface area contributed by atoms with Crippen molar-refractivity contribution in [2.24, 2.45) is 7.05 Å². The molecular weight excluding hydrogens is 184 g/mol. The first-order chi connectivity index (χ1) is 7.27. The van der Waals surface area contributed by atoms with Crippen LogP contribution < -0.4 is 0 Å². The van der Waals surface area contributed by atoms with Crippen molar-refractivity contribution in [3.63, 3.8) is 0 Å². The molecule has 2 nitrogen and oxygen atoms in total. The summed E-state index contributed by atoms with van der Waals surface area (Å²) in [4.78, 5) is 0. The summed E-state index contributed by atoms with van der Waals surface area (Å²) in [5.41, 5.74) is 3.31. The summed E-state index contributed by atoms with van der Waals surface area (Å²) in [6.07, 6.45) is 4.22. The van der Waals surface area contributed by atoms with E-state index in [0.717, 1.165) is 23.8 Å². The zero-order valence-electron chi connectivity index (χ0n) is 9.12. The molecule has 0 aliphatic carbocycles. The van der Waals surface area contributed by atoms with Crippen molar-refractivity contribution in [3.05, 3.63) is 35.5 Å². The number of rotatable bonds is 2. The van der Waals surface area contributed by atoms with Gasteiger partial charge in [0.25, 0.3) is 0 Å². The highest BCUT2D eigenvalue weighted by atomic mass is 14.9. The summed E-state index contributed by atoms with van der Waals surface area (Å²) in [5.74, 6) is 0. The molecule has 0 spiro atoms. The average Bonchev–Trinajstić information content (AvgIpc) is 2.62. The van der Waals surface area contributed by atoms with Crippen molar-refractivity contribution in [2.45, 2.75) is 19.8 Å². The van der Waals surface area contributed by atoms with Gasteiger partial charge in [0.15, 0.2) is 0 Å². The topological polar surface area (TPSA) is 28.7 Å². The number of nitriles is 1. The first-order valence-corrected chi connectivity index (χ1v) is 5.25. The van der Waals surface area contributed by atoms with Crippen LogP contribution in [0.3, 0.4) is 0 Å². The lowest BCUT2D eigenvalue weighted by atomic mass is 10.0. The summed E-state index contributed by atoms with van der Waals surface area (Å²) in [6.45, 7) is 2.17. The largest absolute Gasteiger partial charge is 0.350 e. The molecule has 0 aliphatic rings. The van der Waals surface area contributed by atoms with Crippen LogP contribution in [0.4, 0.5) is 0 Å². The van der Waals surface area contributed by atoms with Crippen molar-refractivity contribution < 1.29 is 0 Å². The Bertz CT molecular complexity index is 529. The van der Waals surface area contributed by atoms with E-state index in [1.807, 2.05) is 25.4 Å². The van der Waals surface area contributed by atoms with E-state index in [9.17, 15) is 0 Å². The molecule has 0 saturated heterocycles. The van der Waals surface area contributed by atoms with Crippen LogP contribution in [0.5, 0.6) is 0 Å². The number of nitrogens with zero attached hydrogens (tertiary/aromatic N) is 2. The first kappa shape index (κ1) is 9.79. The minimum atomic E-state index is 0.769. The molecule has 76 valence electrons. The third kappa shape index (κ3) is 1.50. The van der Waals surface area contributed by atoms with Gasteiger partial charge in [0.2, 0.25) is 0 Å². The zero-order valence-corrected chi connectivity index (χ0v) is 9.12. The molecule has 2 aromatic rings. The normalized spacial score (nSPS) is 10.5. The molecule has 0 radical (unpaired) electrons. The van der Waals surface area contributed by atoms with Gasteiger partial charge in [-0.25, -0.2) is 0 Å². The fourth-order valence-corrected chi connectivity index (χ4v) is 2.07. The molecule has 1 aromatic heterocycles. The van der Waals surface area contributed by atoms with Gasteiger partial charge in [0, 0.05) is 18.6 Å². The number of benzene rings is 1. The van der Waals surface area contributed by atoms with Crippen molar-refractivity contribution >= 4 is 10.9 Å². The van der Waals surface area contributed by atoms with Crippen molar-refractivity contribution in [1.29, 1.82) is 5.26 Å². The Hall–Kier alpha value is -1.75. The Morgan fingerprint density at radius 3 is 2.80 bits per heavy atom. The van der Waals surface area contributed by atoms with Gasteiger partial charge in [-0.1, -0.05) is 19.4 Å². The predicted octanol–water partition coefficient (Wildman–Crippen LogP) is 3.00. The SMILES string of the molecule is CCCc1ccc(C#N)c2ccn(C)c12. The maximum absolute atomic E-state index is 9.01. The summed E-state index contributed by atoms with van der Waals surface area (Å²) in [5, 5.41) is 10.1. The Morgan fingerprint density at radius 2 is 2.13 bits per heavy atom. The van der Waals surface area contributed by atoms with Crippen molar-refractivity contribution in [2.75, 3.05) is 0 Å². The van der Waals surface area contributed by atoms with Gasteiger partial charge in [-0.15, -0.1) is 0 Å². The number of aromatic nitrogens is 1. The zero-order chi connectivity index (χ0) is 10.8. The molecule has 1 heterocycles. The van der Waals surface area contributed by atoms with Crippen LogP contribution in [-0.2, 0) is 13.5 Å². The predicted molar refractivity (Wildman–Crippen MR) is 61.6 cm³/mol. The third-order valence-electron chi connectivity index (χ3n) is 2.76. The minimum Gasteiger partial charge on any atom is -0.350 e. The molecule has 0 N–H and O–H groups in total. The minimum absolute atomic E-state index is 0.769. The second-order valence-electron chi connectivity index (χ2n) is 3.82. The first-order valence-electron chi connectivity index (χ1n) is 5.25. The van der Waals surface area contributed by atoms with Gasteiger partial charge in [0.05, 0.1) is 17.1 Å². The van der Waals surface area contributed by atoms with E-state index in [1.165, 1.54) is 11.1 Å². The van der Waals surface area contributed by atoms with Gasteiger partial charge in [0.1, 0.15) is 0 Å². The monoisotopic (exact) mass is 198 g/mol. The van der Waals surface area contributed by atoms with E-state index < -0.39 is 0 Å². The maximum Gasteiger partial charge on any atom is 0.0998 e. The summed E-state index contributed by atoms with van der Waals surface area (Å²) >= 11 is 0. The molecule has 2 heteroatoms. The Balaban J connectivity index is 2.75. The molecule has 0 unspecified atom stereocenters. The van der Waals surface area contributed by atoms with E-state index in [-0.39, 0.29) is 0 Å². The molecule has 0 fully saturated rings. The highest BCUT2D eigenvalue weighted by Gasteiger charge is 2.07. The Labute approximate surface area is 89.7 Å². The quantitative estimate of drug-likeness (QED) is 0.729. The smallest absolute Gasteiger partial charge is 0.0998 e.